The maximum atomic E-state index is 13.0. The number of hydrogen-bond donors (Lipinski definition) is 2. The van der Waals surface area contributed by atoms with Crippen LogP contribution in [0.3, 0.4) is 0 Å². The van der Waals surface area contributed by atoms with Gasteiger partial charge >= 0.3 is 5.97 Å². The van der Waals surface area contributed by atoms with Crippen molar-refractivity contribution in [3.05, 3.63) is 76.0 Å². The maximum Gasteiger partial charge on any atom is 0.306 e. The third-order valence-electron chi connectivity index (χ3n) is 5.59. The molecule has 186 valence electrons. The van der Waals surface area contributed by atoms with Crippen molar-refractivity contribution in [3.63, 3.8) is 0 Å². The van der Waals surface area contributed by atoms with Crippen molar-refractivity contribution >= 4 is 34.6 Å². The second-order valence-electron chi connectivity index (χ2n) is 8.44. The number of aromatic nitrogens is 5. The van der Waals surface area contributed by atoms with Crippen molar-refractivity contribution in [2.75, 3.05) is 11.1 Å². The Labute approximate surface area is 208 Å². The van der Waals surface area contributed by atoms with Crippen LogP contribution in [0.15, 0.2) is 53.3 Å². The van der Waals surface area contributed by atoms with Crippen molar-refractivity contribution in [1.82, 2.24) is 24.5 Å². The molecule has 36 heavy (non-hydrogen) atoms. The summed E-state index contributed by atoms with van der Waals surface area (Å²) in [7, 11) is 0. The predicted octanol–water partition coefficient (Wildman–Crippen LogP) is 3.69. The van der Waals surface area contributed by atoms with Gasteiger partial charge in [0, 0.05) is 18.7 Å². The Morgan fingerprint density at radius 3 is 2.61 bits per heavy atom. The zero-order valence-corrected chi connectivity index (χ0v) is 20.4. The van der Waals surface area contributed by atoms with E-state index in [0.717, 1.165) is 35.1 Å². The van der Waals surface area contributed by atoms with Gasteiger partial charge in [-0.2, -0.15) is 15.0 Å². The van der Waals surface area contributed by atoms with Gasteiger partial charge in [0.1, 0.15) is 5.69 Å². The molecule has 10 heteroatoms. The first-order valence-corrected chi connectivity index (χ1v) is 11.9. The molecule has 2 aromatic heterocycles. The average molecular weight is 488 g/mol. The van der Waals surface area contributed by atoms with Crippen LogP contribution in [-0.4, -0.2) is 30.5 Å². The average Bonchev–Trinajstić information content (AvgIpc) is 2.87. The molecule has 4 rings (SSSR count). The molecule has 0 saturated carbocycles. The van der Waals surface area contributed by atoms with E-state index in [9.17, 15) is 9.59 Å². The van der Waals surface area contributed by atoms with Crippen LogP contribution in [0.2, 0.25) is 0 Å². The van der Waals surface area contributed by atoms with Gasteiger partial charge < -0.3 is 20.4 Å². The van der Waals surface area contributed by atoms with Crippen LogP contribution < -0.4 is 16.6 Å². The highest BCUT2D eigenvalue weighted by molar-refractivity contribution is 5.75. The molecule has 0 unspecified atom stereocenters. The molecule has 0 aliphatic carbocycles. The van der Waals surface area contributed by atoms with E-state index < -0.39 is 5.97 Å². The number of esters is 1. The number of carbonyl (C=O) groups excluding carboxylic acids is 1. The van der Waals surface area contributed by atoms with Crippen LogP contribution in [0.5, 0.6) is 0 Å². The molecule has 0 aliphatic rings. The summed E-state index contributed by atoms with van der Waals surface area (Å²) in [5, 5.41) is 3.06. The molecule has 2 heterocycles. The Kier molecular flexibility index (Phi) is 7.84. The quantitative estimate of drug-likeness (QED) is 0.321. The van der Waals surface area contributed by atoms with Crippen LogP contribution in [-0.2, 0) is 29.1 Å². The number of nitrogens with two attached hydrogens (primary N) is 1. The number of carbonyl (C=O) groups is 1. The van der Waals surface area contributed by atoms with E-state index >= 15 is 0 Å². The molecule has 2 aromatic carbocycles. The first kappa shape index (κ1) is 24.8. The smallest absolute Gasteiger partial charge is 0.306 e. The number of nitrogens with one attached hydrogen (secondary N) is 1. The Bertz CT molecular complexity index is 1420. The number of anilines is 3. The van der Waals surface area contributed by atoms with Crippen LogP contribution >= 0.6 is 0 Å². The van der Waals surface area contributed by atoms with E-state index in [2.05, 4.69) is 32.2 Å². The lowest BCUT2D eigenvalue weighted by Crippen LogP contribution is -2.26. The summed E-state index contributed by atoms with van der Waals surface area (Å²) < 4.78 is 7.08. The lowest BCUT2D eigenvalue weighted by atomic mass is 10.2. The van der Waals surface area contributed by atoms with Crippen molar-refractivity contribution in [2.45, 2.75) is 52.7 Å². The normalized spacial score (nSPS) is 10.9. The predicted molar refractivity (Wildman–Crippen MR) is 138 cm³/mol. The minimum atomic E-state index is -0.489. The van der Waals surface area contributed by atoms with Gasteiger partial charge in [-0.1, -0.05) is 43.2 Å². The minimum absolute atomic E-state index is 0.00337. The van der Waals surface area contributed by atoms with Crippen LogP contribution in [0.25, 0.3) is 11.0 Å². The van der Waals surface area contributed by atoms with E-state index in [1.807, 2.05) is 55.5 Å². The number of rotatable bonds is 10. The lowest BCUT2D eigenvalue weighted by molar-refractivity contribution is -0.145. The molecule has 0 saturated heterocycles. The number of benzene rings is 2. The molecule has 4 aromatic rings. The number of nitrogens with zero attached hydrogens (tertiary/aromatic N) is 5. The van der Waals surface area contributed by atoms with Crippen LogP contribution in [0.1, 0.15) is 43.3 Å². The maximum absolute atomic E-state index is 13.0. The van der Waals surface area contributed by atoms with Gasteiger partial charge in [0.2, 0.25) is 11.9 Å². The van der Waals surface area contributed by atoms with Crippen molar-refractivity contribution in [1.29, 1.82) is 0 Å². The highest BCUT2D eigenvalue weighted by Crippen LogP contribution is 2.15. The number of unbranched alkanes of at least 4 members (excludes halogenated alkanes) is 1. The third kappa shape index (κ3) is 6.21. The summed E-state index contributed by atoms with van der Waals surface area (Å²) in [5.74, 6) is -0.00300. The molecule has 0 amide bonds. The molecule has 3 N–H and O–H groups in total. The molecule has 0 fully saturated rings. The Morgan fingerprint density at radius 2 is 1.83 bits per heavy atom. The fourth-order valence-corrected chi connectivity index (χ4v) is 3.71. The van der Waals surface area contributed by atoms with Crippen LogP contribution in [0.4, 0.5) is 17.6 Å². The highest BCUT2D eigenvalue weighted by Gasteiger charge is 2.14. The standard InChI is InChI=1S/C26H29N7O3/c1-3-4-15-33-21-8-6-5-7-19(21)29-20(24(33)35)13-14-23(34)36-16-22-30-25(27)32-26(31-22)28-18-11-9-17(2)10-12-18/h5-12H,3-4,13-16H2,1-2H3,(H3,27,28,30,31,32). The number of ether oxygens (including phenoxy) is 1. The lowest BCUT2D eigenvalue weighted by Gasteiger charge is -2.12. The summed E-state index contributed by atoms with van der Waals surface area (Å²) in [6.45, 7) is 4.51. The summed E-state index contributed by atoms with van der Waals surface area (Å²) in [4.78, 5) is 42.4. The van der Waals surface area contributed by atoms with Gasteiger partial charge in [-0.3, -0.25) is 9.59 Å². The highest BCUT2D eigenvalue weighted by atomic mass is 16.5. The first-order chi connectivity index (χ1) is 17.4. The SMILES string of the molecule is CCCCn1c(=O)c(CCC(=O)OCc2nc(N)nc(Nc3ccc(C)cc3)n2)nc2ccccc21. The summed E-state index contributed by atoms with van der Waals surface area (Å²) in [6.07, 6.45) is 2.03. The molecule has 0 aliphatic heterocycles. The van der Waals surface area contributed by atoms with E-state index in [0.29, 0.717) is 12.2 Å². The molecule has 0 atom stereocenters. The topological polar surface area (TPSA) is 138 Å². The Hall–Kier alpha value is -4.34. The molecule has 0 spiro atoms. The number of nitrogen functional groups attached to an aromatic ring is 1. The molecule has 0 radical (unpaired) electrons. The van der Waals surface area contributed by atoms with E-state index in [-0.39, 0.29) is 42.7 Å². The largest absolute Gasteiger partial charge is 0.457 e. The number of hydrogen-bond acceptors (Lipinski definition) is 9. The molecule has 0 bridgehead atoms. The van der Waals surface area contributed by atoms with Crippen molar-refractivity contribution in [3.8, 4) is 0 Å². The summed E-state index contributed by atoms with van der Waals surface area (Å²) in [5.41, 5.74) is 9.41. The molecule has 10 nitrogen and oxygen atoms in total. The van der Waals surface area contributed by atoms with E-state index in [1.54, 1.807) is 4.57 Å². The first-order valence-electron chi connectivity index (χ1n) is 11.9. The Morgan fingerprint density at radius 1 is 1.06 bits per heavy atom. The molecular weight excluding hydrogens is 458 g/mol. The number of para-hydroxylation sites is 2. The van der Waals surface area contributed by atoms with Gasteiger partial charge in [-0.25, -0.2) is 4.98 Å². The molecular formula is C26H29N7O3. The second-order valence-corrected chi connectivity index (χ2v) is 8.44. The van der Waals surface area contributed by atoms with E-state index in [1.165, 1.54) is 0 Å². The summed E-state index contributed by atoms with van der Waals surface area (Å²) in [6, 6.07) is 15.2. The van der Waals surface area contributed by atoms with Gasteiger partial charge in [0.05, 0.1) is 17.5 Å². The summed E-state index contributed by atoms with van der Waals surface area (Å²) >= 11 is 0. The van der Waals surface area contributed by atoms with Gasteiger partial charge in [-0.15, -0.1) is 0 Å². The van der Waals surface area contributed by atoms with Crippen molar-refractivity contribution < 1.29 is 9.53 Å². The monoisotopic (exact) mass is 487 g/mol. The minimum Gasteiger partial charge on any atom is -0.457 e. The van der Waals surface area contributed by atoms with Gasteiger partial charge in [0.25, 0.3) is 5.56 Å². The zero-order chi connectivity index (χ0) is 25.5. The number of fused-ring (bicyclic) bond motifs is 1. The Balaban J connectivity index is 1.40. The zero-order valence-electron chi connectivity index (χ0n) is 20.4. The number of aryl methyl sites for hydroxylation is 3. The third-order valence-corrected chi connectivity index (χ3v) is 5.59. The van der Waals surface area contributed by atoms with Crippen molar-refractivity contribution in [2.24, 2.45) is 0 Å². The van der Waals surface area contributed by atoms with Crippen LogP contribution in [0, 0.1) is 6.92 Å². The van der Waals surface area contributed by atoms with Gasteiger partial charge in [0.15, 0.2) is 12.4 Å². The fourth-order valence-electron chi connectivity index (χ4n) is 3.71. The second kappa shape index (κ2) is 11.4. The van der Waals surface area contributed by atoms with E-state index in [4.69, 9.17) is 10.5 Å². The van der Waals surface area contributed by atoms with Gasteiger partial charge in [-0.05, 0) is 37.6 Å². The fraction of sp³-hybridized carbons (Fsp3) is 0.308.